The first kappa shape index (κ1) is 15.6. The third kappa shape index (κ3) is 4.35. The maximum atomic E-state index is 4.69. The highest BCUT2D eigenvalue weighted by Gasteiger charge is 2.19. The molecule has 1 aromatic rings. The van der Waals surface area contributed by atoms with Gasteiger partial charge < -0.3 is 10.2 Å². The van der Waals surface area contributed by atoms with Crippen LogP contribution in [0.15, 0.2) is 6.20 Å². The molecular weight excluding hydrogens is 268 g/mol. The van der Waals surface area contributed by atoms with Crippen LogP contribution in [0, 0.1) is 12.8 Å². The quantitative estimate of drug-likeness (QED) is 0.903. The van der Waals surface area contributed by atoms with Crippen molar-refractivity contribution in [2.45, 2.75) is 39.5 Å². The first-order valence-corrected chi connectivity index (χ1v) is 8.51. The van der Waals surface area contributed by atoms with E-state index in [9.17, 15) is 0 Å². The number of rotatable bonds is 5. The second-order valence-electron chi connectivity index (χ2n) is 5.93. The second kappa shape index (κ2) is 7.27. The van der Waals surface area contributed by atoms with E-state index in [0.29, 0.717) is 11.2 Å². The minimum absolute atomic E-state index is 0.667. The largest absolute Gasteiger partial charge is 0.339 e. The number of nitrogens with one attached hydrogen (secondary N) is 1. The molecule has 0 radical (unpaired) electrons. The van der Waals surface area contributed by atoms with Crippen molar-refractivity contribution in [2.75, 3.05) is 30.3 Å². The maximum absolute atomic E-state index is 4.69. The predicted octanol–water partition coefficient (Wildman–Crippen LogP) is 2.47. The highest BCUT2D eigenvalue weighted by atomic mass is 32.2. The van der Waals surface area contributed by atoms with E-state index in [1.165, 1.54) is 11.3 Å². The fourth-order valence-electron chi connectivity index (χ4n) is 2.30. The fraction of sp³-hybridized carbons (Fsp3) is 0.733. The lowest BCUT2D eigenvalue weighted by Gasteiger charge is -2.30. The number of anilines is 1. The minimum Gasteiger partial charge on any atom is -0.339 e. The average Bonchev–Trinajstić information content (AvgIpc) is 2.40. The summed E-state index contributed by atoms with van der Waals surface area (Å²) in [6, 6.07) is 0. The Morgan fingerprint density at radius 1 is 1.50 bits per heavy atom. The third-order valence-electron chi connectivity index (χ3n) is 3.46. The Bertz CT molecular complexity index is 436. The predicted molar refractivity (Wildman–Crippen MR) is 87.4 cm³/mol. The summed E-state index contributed by atoms with van der Waals surface area (Å²) < 4.78 is 0. The molecule has 0 amide bonds. The molecule has 5 heteroatoms. The van der Waals surface area contributed by atoms with Gasteiger partial charge in [-0.2, -0.15) is 11.8 Å². The molecule has 1 saturated heterocycles. The van der Waals surface area contributed by atoms with E-state index in [1.807, 2.05) is 18.0 Å². The molecule has 2 rings (SSSR count). The Kier molecular flexibility index (Phi) is 5.66. The van der Waals surface area contributed by atoms with Crippen LogP contribution in [0.1, 0.15) is 32.0 Å². The summed E-state index contributed by atoms with van der Waals surface area (Å²) in [5.74, 6) is 2.73. The summed E-state index contributed by atoms with van der Waals surface area (Å²) >= 11 is 2.03. The molecule has 2 heterocycles. The first-order valence-electron chi connectivity index (χ1n) is 7.46. The molecule has 4 nitrogen and oxygen atoms in total. The topological polar surface area (TPSA) is 41.1 Å². The van der Waals surface area contributed by atoms with Gasteiger partial charge in [0.25, 0.3) is 0 Å². The molecule has 1 aliphatic rings. The smallest absolute Gasteiger partial charge is 0.225 e. The molecule has 1 unspecified atom stereocenters. The summed E-state index contributed by atoms with van der Waals surface area (Å²) in [6.45, 7) is 12.8. The maximum Gasteiger partial charge on any atom is 0.225 e. The Morgan fingerprint density at radius 2 is 2.30 bits per heavy atom. The summed E-state index contributed by atoms with van der Waals surface area (Å²) in [6.07, 6.45) is 1.98. The second-order valence-corrected chi connectivity index (χ2v) is 7.48. The third-order valence-corrected chi connectivity index (χ3v) is 4.60. The van der Waals surface area contributed by atoms with Crippen LogP contribution in [-0.2, 0) is 6.54 Å². The summed E-state index contributed by atoms with van der Waals surface area (Å²) in [5, 5.41) is 4.12. The van der Waals surface area contributed by atoms with Gasteiger partial charge in [-0.25, -0.2) is 9.97 Å². The van der Waals surface area contributed by atoms with Crippen molar-refractivity contribution < 1.29 is 0 Å². The Balaban J connectivity index is 1.98. The van der Waals surface area contributed by atoms with Gasteiger partial charge in [0.15, 0.2) is 0 Å². The standard InChI is InChI=1S/C15H26N4S/c1-11(2)7-16-8-14-9-17-15(18-13(14)4)19-5-6-20-12(3)10-19/h9,11-12,16H,5-8,10H2,1-4H3. The van der Waals surface area contributed by atoms with E-state index in [-0.39, 0.29) is 0 Å². The van der Waals surface area contributed by atoms with Crippen molar-refractivity contribution in [3.05, 3.63) is 17.5 Å². The van der Waals surface area contributed by atoms with Crippen molar-refractivity contribution in [3.8, 4) is 0 Å². The van der Waals surface area contributed by atoms with E-state index in [4.69, 9.17) is 4.98 Å². The van der Waals surface area contributed by atoms with E-state index in [1.54, 1.807) is 0 Å². The van der Waals surface area contributed by atoms with Gasteiger partial charge in [-0.15, -0.1) is 0 Å². The summed E-state index contributed by atoms with van der Waals surface area (Å²) in [4.78, 5) is 11.6. The van der Waals surface area contributed by atoms with Crippen LogP contribution < -0.4 is 10.2 Å². The first-order chi connectivity index (χ1) is 9.56. The molecule has 0 bridgehead atoms. The highest BCUT2D eigenvalue weighted by molar-refractivity contribution is 8.00. The van der Waals surface area contributed by atoms with Crippen LogP contribution in [0.5, 0.6) is 0 Å². The molecule has 112 valence electrons. The number of aryl methyl sites for hydroxylation is 1. The molecule has 1 aromatic heterocycles. The monoisotopic (exact) mass is 294 g/mol. The Labute approximate surface area is 126 Å². The van der Waals surface area contributed by atoms with Crippen LogP contribution in [0.3, 0.4) is 0 Å². The van der Waals surface area contributed by atoms with Gasteiger partial charge in [0.05, 0.1) is 0 Å². The normalized spacial score (nSPS) is 19.6. The van der Waals surface area contributed by atoms with Crippen molar-refractivity contribution in [1.82, 2.24) is 15.3 Å². The van der Waals surface area contributed by atoms with E-state index >= 15 is 0 Å². The molecule has 0 saturated carbocycles. The zero-order valence-corrected chi connectivity index (χ0v) is 13.8. The highest BCUT2D eigenvalue weighted by Crippen LogP contribution is 2.21. The SMILES string of the molecule is Cc1nc(N2CCSC(C)C2)ncc1CNCC(C)C. The van der Waals surface area contributed by atoms with Crippen molar-refractivity contribution in [2.24, 2.45) is 5.92 Å². The van der Waals surface area contributed by atoms with E-state index in [0.717, 1.165) is 37.8 Å². The molecule has 0 spiro atoms. The number of aromatic nitrogens is 2. The zero-order chi connectivity index (χ0) is 14.5. The van der Waals surface area contributed by atoms with Crippen LogP contribution in [-0.4, -0.2) is 40.6 Å². The zero-order valence-electron chi connectivity index (χ0n) is 13.0. The molecule has 0 aromatic carbocycles. The molecular formula is C15H26N4S. The van der Waals surface area contributed by atoms with Crippen molar-refractivity contribution in [3.63, 3.8) is 0 Å². The average molecular weight is 294 g/mol. The molecule has 1 N–H and O–H groups in total. The summed E-state index contributed by atoms with van der Waals surface area (Å²) in [7, 11) is 0. The van der Waals surface area contributed by atoms with Crippen molar-refractivity contribution >= 4 is 17.7 Å². The molecule has 1 fully saturated rings. The lowest BCUT2D eigenvalue weighted by Crippen LogP contribution is -2.37. The number of thioether (sulfide) groups is 1. The van der Waals surface area contributed by atoms with Gasteiger partial charge >= 0.3 is 0 Å². The van der Waals surface area contributed by atoms with Crippen LogP contribution in [0.4, 0.5) is 5.95 Å². The minimum atomic E-state index is 0.667. The molecule has 20 heavy (non-hydrogen) atoms. The lowest BCUT2D eigenvalue weighted by molar-refractivity contribution is 0.550. The number of nitrogens with zero attached hydrogens (tertiary/aromatic N) is 3. The van der Waals surface area contributed by atoms with Crippen LogP contribution in [0.25, 0.3) is 0 Å². The van der Waals surface area contributed by atoms with E-state index in [2.05, 4.69) is 42.9 Å². The van der Waals surface area contributed by atoms with Crippen molar-refractivity contribution in [1.29, 1.82) is 0 Å². The Morgan fingerprint density at radius 3 is 2.95 bits per heavy atom. The van der Waals surface area contributed by atoms with Gasteiger partial charge in [0.1, 0.15) is 0 Å². The van der Waals surface area contributed by atoms with Crippen LogP contribution in [0.2, 0.25) is 0 Å². The van der Waals surface area contributed by atoms with Gasteiger partial charge in [-0.05, 0) is 19.4 Å². The van der Waals surface area contributed by atoms with Gasteiger partial charge in [0, 0.05) is 48.1 Å². The van der Waals surface area contributed by atoms with Gasteiger partial charge in [0.2, 0.25) is 5.95 Å². The van der Waals surface area contributed by atoms with E-state index < -0.39 is 0 Å². The number of hydrogen-bond donors (Lipinski definition) is 1. The molecule has 0 aliphatic carbocycles. The van der Waals surface area contributed by atoms with Crippen LogP contribution >= 0.6 is 11.8 Å². The Hall–Kier alpha value is -0.810. The summed E-state index contributed by atoms with van der Waals surface area (Å²) in [5.41, 5.74) is 2.30. The molecule has 1 atom stereocenters. The number of hydrogen-bond acceptors (Lipinski definition) is 5. The fourth-order valence-corrected chi connectivity index (χ4v) is 3.31. The van der Waals surface area contributed by atoms with Gasteiger partial charge in [-0.3, -0.25) is 0 Å². The molecule has 1 aliphatic heterocycles. The lowest BCUT2D eigenvalue weighted by atomic mass is 10.2. The van der Waals surface area contributed by atoms with Gasteiger partial charge in [-0.1, -0.05) is 20.8 Å².